The maximum Gasteiger partial charge on any atom is 0.221 e. The Labute approximate surface area is 109 Å². The predicted molar refractivity (Wildman–Crippen MR) is 74.4 cm³/mol. The molecule has 0 aromatic heterocycles. The molecular weight excluding hydrogens is 224 g/mol. The molecule has 0 spiro atoms. The van der Waals surface area contributed by atoms with Gasteiger partial charge in [0.15, 0.2) is 0 Å². The van der Waals surface area contributed by atoms with Gasteiger partial charge in [-0.2, -0.15) is 0 Å². The van der Waals surface area contributed by atoms with Gasteiger partial charge in [0.1, 0.15) is 0 Å². The Kier molecular flexibility index (Phi) is 4.37. The number of hydrogen-bond acceptors (Lipinski definition) is 2. The smallest absolute Gasteiger partial charge is 0.221 e. The summed E-state index contributed by atoms with van der Waals surface area (Å²) < 4.78 is 0. The molecule has 1 aromatic carbocycles. The topological polar surface area (TPSA) is 41.1 Å². The molecule has 3 heteroatoms. The van der Waals surface area contributed by atoms with Crippen LogP contribution >= 0.6 is 0 Å². The molecule has 0 saturated heterocycles. The van der Waals surface area contributed by atoms with E-state index in [2.05, 4.69) is 23.6 Å². The number of benzene rings is 1. The molecule has 0 aliphatic heterocycles. The highest BCUT2D eigenvalue weighted by atomic mass is 16.1. The van der Waals surface area contributed by atoms with Crippen LogP contribution in [0.25, 0.3) is 0 Å². The Morgan fingerprint density at radius 3 is 2.78 bits per heavy atom. The van der Waals surface area contributed by atoms with Crippen molar-refractivity contribution in [3.63, 3.8) is 0 Å². The number of carbonyl (C=O) groups is 1. The molecule has 1 aliphatic carbocycles. The molecule has 98 valence electrons. The number of carbonyl (C=O) groups excluding carboxylic acids is 1. The van der Waals surface area contributed by atoms with E-state index in [1.54, 1.807) is 6.92 Å². The highest BCUT2D eigenvalue weighted by molar-refractivity contribution is 5.89. The van der Waals surface area contributed by atoms with Crippen LogP contribution in [-0.4, -0.2) is 11.9 Å². The van der Waals surface area contributed by atoms with E-state index in [-0.39, 0.29) is 5.91 Å². The van der Waals surface area contributed by atoms with Gasteiger partial charge in [-0.05, 0) is 30.9 Å². The standard InChI is InChI=1S/C15H22N2O/c1-11(9-13-7-8-13)16-10-14-5-3-4-6-15(14)17-12(2)18/h3-6,11,13,16H,7-10H2,1-2H3,(H,17,18). The number of nitrogens with one attached hydrogen (secondary N) is 2. The number of hydrogen-bond donors (Lipinski definition) is 2. The molecular formula is C15H22N2O. The molecule has 1 aromatic rings. The van der Waals surface area contributed by atoms with E-state index in [1.165, 1.54) is 19.3 Å². The van der Waals surface area contributed by atoms with E-state index in [9.17, 15) is 4.79 Å². The molecule has 3 nitrogen and oxygen atoms in total. The Hall–Kier alpha value is -1.35. The fraction of sp³-hybridized carbons (Fsp3) is 0.533. The SMILES string of the molecule is CC(=O)Nc1ccccc1CNC(C)CC1CC1. The lowest BCUT2D eigenvalue weighted by molar-refractivity contribution is -0.114. The van der Waals surface area contributed by atoms with Crippen molar-refractivity contribution in [2.45, 2.75) is 45.7 Å². The van der Waals surface area contributed by atoms with Gasteiger partial charge in [-0.3, -0.25) is 4.79 Å². The van der Waals surface area contributed by atoms with Crippen molar-refractivity contribution < 1.29 is 4.79 Å². The second kappa shape index (κ2) is 6.01. The first-order valence-electron chi connectivity index (χ1n) is 6.74. The van der Waals surface area contributed by atoms with Gasteiger partial charge in [-0.15, -0.1) is 0 Å². The first kappa shape index (κ1) is 13.1. The largest absolute Gasteiger partial charge is 0.326 e. The maximum absolute atomic E-state index is 11.1. The minimum atomic E-state index is -0.0199. The van der Waals surface area contributed by atoms with Crippen molar-refractivity contribution in [2.75, 3.05) is 5.32 Å². The molecule has 1 unspecified atom stereocenters. The van der Waals surface area contributed by atoms with E-state index in [4.69, 9.17) is 0 Å². The molecule has 0 heterocycles. The summed E-state index contributed by atoms with van der Waals surface area (Å²) in [5.41, 5.74) is 2.06. The second-order valence-electron chi connectivity index (χ2n) is 5.30. The van der Waals surface area contributed by atoms with Crippen LogP contribution in [-0.2, 0) is 11.3 Å². The van der Waals surface area contributed by atoms with Gasteiger partial charge >= 0.3 is 0 Å². The molecule has 2 rings (SSSR count). The average molecular weight is 246 g/mol. The monoisotopic (exact) mass is 246 g/mol. The zero-order valence-electron chi connectivity index (χ0n) is 11.2. The summed E-state index contributed by atoms with van der Waals surface area (Å²) in [6, 6.07) is 8.51. The number of anilines is 1. The number of para-hydroxylation sites is 1. The molecule has 1 atom stereocenters. The minimum absolute atomic E-state index is 0.0199. The van der Waals surface area contributed by atoms with Gasteiger partial charge in [0.05, 0.1) is 0 Å². The quantitative estimate of drug-likeness (QED) is 0.810. The molecule has 0 radical (unpaired) electrons. The third kappa shape index (κ3) is 4.15. The Morgan fingerprint density at radius 2 is 2.11 bits per heavy atom. The number of amides is 1. The van der Waals surface area contributed by atoms with Crippen molar-refractivity contribution in [1.29, 1.82) is 0 Å². The van der Waals surface area contributed by atoms with Crippen molar-refractivity contribution in [3.05, 3.63) is 29.8 Å². The van der Waals surface area contributed by atoms with Crippen molar-refractivity contribution in [3.8, 4) is 0 Å². The lowest BCUT2D eigenvalue weighted by Crippen LogP contribution is -2.26. The second-order valence-corrected chi connectivity index (χ2v) is 5.30. The molecule has 0 bridgehead atoms. The summed E-state index contributed by atoms with van der Waals surface area (Å²) in [6.07, 6.45) is 4.06. The lowest BCUT2D eigenvalue weighted by Gasteiger charge is -2.15. The highest BCUT2D eigenvalue weighted by Crippen LogP contribution is 2.33. The van der Waals surface area contributed by atoms with Crippen molar-refractivity contribution >= 4 is 11.6 Å². The van der Waals surface area contributed by atoms with Crippen LogP contribution in [0.3, 0.4) is 0 Å². The normalized spacial score (nSPS) is 16.3. The van der Waals surface area contributed by atoms with Gasteiger partial charge in [0.25, 0.3) is 0 Å². The summed E-state index contributed by atoms with van der Waals surface area (Å²) in [6.45, 7) is 4.59. The lowest BCUT2D eigenvalue weighted by atomic mass is 10.1. The molecule has 1 saturated carbocycles. The van der Waals surface area contributed by atoms with E-state index in [1.807, 2.05) is 18.2 Å². The summed E-state index contributed by atoms with van der Waals surface area (Å²) >= 11 is 0. The maximum atomic E-state index is 11.1. The van der Waals surface area contributed by atoms with Crippen molar-refractivity contribution in [2.24, 2.45) is 5.92 Å². The highest BCUT2D eigenvalue weighted by Gasteiger charge is 2.23. The van der Waals surface area contributed by atoms with E-state index in [0.29, 0.717) is 6.04 Å². The number of rotatable bonds is 6. The van der Waals surface area contributed by atoms with E-state index in [0.717, 1.165) is 23.7 Å². The zero-order valence-corrected chi connectivity index (χ0v) is 11.2. The molecule has 1 fully saturated rings. The van der Waals surface area contributed by atoms with Crippen LogP contribution < -0.4 is 10.6 Å². The van der Waals surface area contributed by atoms with Gasteiger partial charge in [-0.25, -0.2) is 0 Å². The summed E-state index contributed by atoms with van der Waals surface area (Å²) in [5.74, 6) is 0.923. The third-order valence-corrected chi connectivity index (χ3v) is 3.35. The average Bonchev–Trinajstić information content (AvgIpc) is 3.11. The van der Waals surface area contributed by atoms with Gasteiger partial charge in [0.2, 0.25) is 5.91 Å². The molecule has 2 N–H and O–H groups in total. The van der Waals surface area contributed by atoms with Crippen LogP contribution in [0.4, 0.5) is 5.69 Å². The molecule has 18 heavy (non-hydrogen) atoms. The van der Waals surface area contributed by atoms with Crippen LogP contribution in [0.2, 0.25) is 0 Å². The summed E-state index contributed by atoms with van der Waals surface area (Å²) in [5, 5.41) is 6.40. The first-order chi connectivity index (χ1) is 8.65. The Balaban J connectivity index is 1.88. The Bertz CT molecular complexity index is 413. The predicted octanol–water partition coefficient (Wildman–Crippen LogP) is 2.92. The Morgan fingerprint density at radius 1 is 1.39 bits per heavy atom. The third-order valence-electron chi connectivity index (χ3n) is 3.35. The molecule has 1 aliphatic rings. The first-order valence-corrected chi connectivity index (χ1v) is 6.74. The fourth-order valence-electron chi connectivity index (χ4n) is 2.21. The van der Waals surface area contributed by atoms with Crippen molar-refractivity contribution in [1.82, 2.24) is 5.32 Å². The van der Waals surface area contributed by atoms with Gasteiger partial charge < -0.3 is 10.6 Å². The van der Waals surface area contributed by atoms with E-state index < -0.39 is 0 Å². The van der Waals surface area contributed by atoms with Crippen LogP contribution in [0, 0.1) is 5.92 Å². The summed E-state index contributed by atoms with van der Waals surface area (Å²) in [7, 11) is 0. The fourth-order valence-corrected chi connectivity index (χ4v) is 2.21. The van der Waals surface area contributed by atoms with Crippen LogP contribution in [0.1, 0.15) is 38.7 Å². The zero-order chi connectivity index (χ0) is 13.0. The minimum Gasteiger partial charge on any atom is -0.326 e. The van der Waals surface area contributed by atoms with Crippen LogP contribution in [0.5, 0.6) is 0 Å². The molecule has 1 amide bonds. The summed E-state index contributed by atoms with van der Waals surface area (Å²) in [4.78, 5) is 11.1. The van der Waals surface area contributed by atoms with E-state index >= 15 is 0 Å². The van der Waals surface area contributed by atoms with Gasteiger partial charge in [-0.1, -0.05) is 31.0 Å². The van der Waals surface area contributed by atoms with Gasteiger partial charge in [0, 0.05) is 25.2 Å². The van der Waals surface area contributed by atoms with Crippen LogP contribution in [0.15, 0.2) is 24.3 Å².